The molecular formula is C17H18N6O. The molecule has 0 bridgehead atoms. The highest BCUT2D eigenvalue weighted by atomic mass is 16.1. The van der Waals surface area contributed by atoms with Gasteiger partial charge in [-0.05, 0) is 30.7 Å². The van der Waals surface area contributed by atoms with Crippen molar-refractivity contribution in [3.05, 3.63) is 66.2 Å². The zero-order valence-corrected chi connectivity index (χ0v) is 13.3. The predicted molar refractivity (Wildman–Crippen MR) is 90.9 cm³/mol. The van der Waals surface area contributed by atoms with E-state index in [4.69, 9.17) is 0 Å². The van der Waals surface area contributed by atoms with Crippen LogP contribution in [0.4, 0.5) is 5.95 Å². The second-order valence-corrected chi connectivity index (χ2v) is 5.13. The lowest BCUT2D eigenvalue weighted by Gasteiger charge is -2.07. The lowest BCUT2D eigenvalue weighted by Crippen LogP contribution is -2.23. The van der Waals surface area contributed by atoms with Gasteiger partial charge in [0.2, 0.25) is 5.95 Å². The fraction of sp³-hybridized carbons (Fsp3) is 0.176. The Morgan fingerprint density at radius 1 is 1.17 bits per heavy atom. The zero-order valence-electron chi connectivity index (χ0n) is 13.3. The summed E-state index contributed by atoms with van der Waals surface area (Å²) in [6.07, 6.45) is 6.65. The van der Waals surface area contributed by atoms with Gasteiger partial charge in [0.1, 0.15) is 0 Å². The molecule has 2 aromatic heterocycles. The van der Waals surface area contributed by atoms with Crippen LogP contribution in [-0.4, -0.2) is 32.2 Å². The summed E-state index contributed by atoms with van der Waals surface area (Å²) in [5, 5.41) is 10.0. The second-order valence-electron chi connectivity index (χ2n) is 5.13. The number of benzene rings is 1. The van der Waals surface area contributed by atoms with E-state index < -0.39 is 0 Å². The highest BCUT2D eigenvalue weighted by molar-refractivity contribution is 5.93. The van der Waals surface area contributed by atoms with Crippen LogP contribution in [0.25, 0.3) is 5.69 Å². The third kappa shape index (κ3) is 3.75. The molecule has 0 unspecified atom stereocenters. The molecule has 3 rings (SSSR count). The van der Waals surface area contributed by atoms with E-state index in [1.54, 1.807) is 10.9 Å². The smallest absolute Gasteiger partial charge is 0.254 e. The Morgan fingerprint density at radius 3 is 2.54 bits per heavy atom. The van der Waals surface area contributed by atoms with E-state index in [0.717, 1.165) is 17.8 Å². The quantitative estimate of drug-likeness (QED) is 0.725. The number of nitrogens with zero attached hydrogens (tertiary/aromatic N) is 4. The van der Waals surface area contributed by atoms with Crippen molar-refractivity contribution in [1.29, 1.82) is 0 Å². The summed E-state index contributed by atoms with van der Waals surface area (Å²) in [7, 11) is 0. The Bertz CT molecular complexity index is 781. The SMILES string of the molecule is CCNc1ncc(C(=O)NCc2ccc(-n3cccn3)cc2)cn1. The number of nitrogens with one attached hydrogen (secondary N) is 2. The fourth-order valence-corrected chi connectivity index (χ4v) is 2.17. The molecule has 0 saturated carbocycles. The van der Waals surface area contributed by atoms with Gasteiger partial charge in [-0.3, -0.25) is 4.79 Å². The third-order valence-corrected chi connectivity index (χ3v) is 3.41. The average Bonchev–Trinajstić information content (AvgIpc) is 3.16. The van der Waals surface area contributed by atoms with Crippen molar-refractivity contribution in [3.8, 4) is 5.69 Å². The van der Waals surface area contributed by atoms with Gasteiger partial charge in [-0.1, -0.05) is 12.1 Å². The number of hydrogen-bond donors (Lipinski definition) is 2. The van der Waals surface area contributed by atoms with E-state index in [-0.39, 0.29) is 5.91 Å². The van der Waals surface area contributed by atoms with Gasteiger partial charge in [0.05, 0.1) is 11.3 Å². The molecule has 3 aromatic rings. The normalized spacial score (nSPS) is 10.4. The highest BCUT2D eigenvalue weighted by Crippen LogP contribution is 2.09. The van der Waals surface area contributed by atoms with Crippen LogP contribution in [0.1, 0.15) is 22.8 Å². The van der Waals surface area contributed by atoms with Gasteiger partial charge in [0, 0.05) is 37.9 Å². The minimum atomic E-state index is -0.200. The number of carbonyl (C=O) groups is 1. The Balaban J connectivity index is 1.57. The third-order valence-electron chi connectivity index (χ3n) is 3.41. The number of amides is 1. The van der Waals surface area contributed by atoms with E-state index in [1.165, 1.54) is 12.4 Å². The number of rotatable bonds is 6. The number of aromatic nitrogens is 4. The summed E-state index contributed by atoms with van der Waals surface area (Å²) < 4.78 is 1.78. The first-order chi connectivity index (χ1) is 11.8. The van der Waals surface area contributed by atoms with Crippen LogP contribution in [0.15, 0.2) is 55.1 Å². The first-order valence-corrected chi connectivity index (χ1v) is 7.69. The maximum atomic E-state index is 12.1. The van der Waals surface area contributed by atoms with Gasteiger partial charge in [0.15, 0.2) is 0 Å². The molecule has 7 nitrogen and oxygen atoms in total. The molecule has 0 aliphatic carbocycles. The van der Waals surface area contributed by atoms with Crippen molar-refractivity contribution >= 4 is 11.9 Å². The lowest BCUT2D eigenvalue weighted by atomic mass is 10.2. The Morgan fingerprint density at radius 2 is 1.92 bits per heavy atom. The molecule has 1 aromatic carbocycles. The average molecular weight is 322 g/mol. The van der Waals surface area contributed by atoms with Gasteiger partial charge in [-0.2, -0.15) is 5.10 Å². The number of hydrogen-bond acceptors (Lipinski definition) is 5. The van der Waals surface area contributed by atoms with Crippen molar-refractivity contribution in [2.75, 3.05) is 11.9 Å². The Hall–Kier alpha value is -3.22. The predicted octanol–water partition coefficient (Wildman–Crippen LogP) is 2.02. The van der Waals surface area contributed by atoms with Crippen LogP contribution >= 0.6 is 0 Å². The van der Waals surface area contributed by atoms with E-state index in [2.05, 4.69) is 25.7 Å². The maximum Gasteiger partial charge on any atom is 0.254 e. The fourth-order valence-electron chi connectivity index (χ4n) is 2.17. The summed E-state index contributed by atoms with van der Waals surface area (Å²) in [5.74, 6) is 0.317. The molecule has 2 N–H and O–H groups in total. The van der Waals surface area contributed by atoms with Crippen molar-refractivity contribution in [2.24, 2.45) is 0 Å². The van der Waals surface area contributed by atoms with Crippen LogP contribution in [-0.2, 0) is 6.54 Å². The summed E-state index contributed by atoms with van der Waals surface area (Å²) >= 11 is 0. The first kappa shape index (κ1) is 15.7. The molecule has 2 heterocycles. The largest absolute Gasteiger partial charge is 0.355 e. The summed E-state index contributed by atoms with van der Waals surface area (Å²) in [6.45, 7) is 3.13. The number of carbonyl (C=O) groups excluding carboxylic acids is 1. The van der Waals surface area contributed by atoms with Crippen LogP contribution in [0.2, 0.25) is 0 Å². The minimum Gasteiger partial charge on any atom is -0.355 e. The summed E-state index contributed by atoms with van der Waals surface area (Å²) in [4.78, 5) is 20.3. The van der Waals surface area contributed by atoms with Crippen LogP contribution in [0.5, 0.6) is 0 Å². The zero-order chi connectivity index (χ0) is 16.8. The van der Waals surface area contributed by atoms with Gasteiger partial charge in [0.25, 0.3) is 5.91 Å². The minimum absolute atomic E-state index is 0.200. The molecule has 24 heavy (non-hydrogen) atoms. The first-order valence-electron chi connectivity index (χ1n) is 7.69. The van der Waals surface area contributed by atoms with Crippen molar-refractivity contribution in [2.45, 2.75) is 13.5 Å². The molecule has 0 aliphatic rings. The summed E-state index contributed by atoms with van der Waals surface area (Å²) in [5.41, 5.74) is 2.41. The van der Waals surface area contributed by atoms with Gasteiger partial charge >= 0.3 is 0 Å². The van der Waals surface area contributed by atoms with Gasteiger partial charge in [-0.15, -0.1) is 0 Å². The molecule has 0 fully saturated rings. The lowest BCUT2D eigenvalue weighted by molar-refractivity contribution is 0.0950. The van der Waals surface area contributed by atoms with E-state index in [1.807, 2.05) is 43.5 Å². The molecule has 0 aliphatic heterocycles. The molecule has 0 radical (unpaired) electrons. The van der Waals surface area contributed by atoms with E-state index >= 15 is 0 Å². The number of anilines is 1. The van der Waals surface area contributed by atoms with Crippen LogP contribution in [0.3, 0.4) is 0 Å². The standard InChI is InChI=1S/C17H18N6O/c1-2-18-17-20-11-14(12-21-17)16(24)19-10-13-4-6-15(7-5-13)23-9-3-8-22-23/h3-9,11-12H,2,10H2,1H3,(H,19,24)(H,18,20,21). The highest BCUT2D eigenvalue weighted by Gasteiger charge is 2.07. The van der Waals surface area contributed by atoms with Gasteiger partial charge < -0.3 is 10.6 Å². The second kappa shape index (κ2) is 7.36. The summed E-state index contributed by atoms with van der Waals surface area (Å²) in [6, 6.07) is 9.72. The molecular weight excluding hydrogens is 304 g/mol. The topological polar surface area (TPSA) is 84.7 Å². The van der Waals surface area contributed by atoms with E-state index in [9.17, 15) is 4.79 Å². The Kier molecular flexibility index (Phi) is 4.81. The monoisotopic (exact) mass is 322 g/mol. The molecule has 0 saturated heterocycles. The van der Waals surface area contributed by atoms with Gasteiger partial charge in [-0.25, -0.2) is 14.6 Å². The molecule has 1 amide bonds. The van der Waals surface area contributed by atoms with E-state index in [0.29, 0.717) is 18.1 Å². The maximum absolute atomic E-state index is 12.1. The van der Waals surface area contributed by atoms with Crippen LogP contribution in [0, 0.1) is 0 Å². The molecule has 7 heteroatoms. The van der Waals surface area contributed by atoms with Crippen molar-refractivity contribution in [3.63, 3.8) is 0 Å². The molecule has 122 valence electrons. The van der Waals surface area contributed by atoms with Crippen molar-refractivity contribution in [1.82, 2.24) is 25.1 Å². The van der Waals surface area contributed by atoms with Crippen LogP contribution < -0.4 is 10.6 Å². The Labute approximate surface area is 139 Å². The van der Waals surface area contributed by atoms with Crippen molar-refractivity contribution < 1.29 is 4.79 Å². The molecule has 0 spiro atoms. The molecule has 0 atom stereocenters.